The molecule has 1 amide bonds. The summed E-state index contributed by atoms with van der Waals surface area (Å²) < 4.78 is 11.3. The molecule has 0 aromatic carbocycles. The predicted molar refractivity (Wildman–Crippen MR) is 84.3 cm³/mol. The average molecular weight is 328 g/mol. The van der Waals surface area contributed by atoms with Gasteiger partial charge in [0.2, 0.25) is 0 Å². The fourth-order valence-corrected chi connectivity index (χ4v) is 3.54. The zero-order valence-corrected chi connectivity index (χ0v) is 13.8. The molecule has 3 atom stereocenters. The number of nitrogens with zero attached hydrogens (tertiary/aromatic N) is 4. The van der Waals surface area contributed by atoms with Crippen LogP contribution in [0.5, 0.6) is 0 Å². The Morgan fingerprint density at radius 1 is 1.29 bits per heavy atom. The monoisotopic (exact) mass is 328 g/mol. The van der Waals surface area contributed by atoms with Gasteiger partial charge in [-0.05, 0) is 44.7 Å². The van der Waals surface area contributed by atoms with Gasteiger partial charge in [-0.15, -0.1) is 0 Å². The van der Waals surface area contributed by atoms with Crippen LogP contribution < -0.4 is 0 Å². The molecule has 0 bridgehead atoms. The molecule has 2 fully saturated rings. The molecule has 4 rings (SSSR count). The summed E-state index contributed by atoms with van der Waals surface area (Å²) >= 11 is 0. The van der Waals surface area contributed by atoms with E-state index in [2.05, 4.69) is 15.1 Å². The van der Waals surface area contributed by atoms with Crippen LogP contribution in [-0.2, 0) is 4.74 Å². The van der Waals surface area contributed by atoms with Crippen LogP contribution in [0.4, 0.5) is 0 Å². The highest BCUT2D eigenvalue weighted by Gasteiger charge is 2.42. The normalized spacial score (nSPS) is 26.4. The van der Waals surface area contributed by atoms with E-state index in [9.17, 15) is 4.79 Å². The lowest BCUT2D eigenvalue weighted by atomic mass is 9.91. The predicted octanol–water partition coefficient (Wildman–Crippen LogP) is 2.07. The number of fused-ring (bicyclic) bond motifs is 1. The van der Waals surface area contributed by atoms with Crippen molar-refractivity contribution in [3.8, 4) is 0 Å². The first-order valence-electron chi connectivity index (χ1n) is 8.29. The molecule has 2 aromatic rings. The molecule has 2 aliphatic heterocycles. The number of aryl methyl sites for hydroxylation is 2. The first-order valence-corrected chi connectivity index (χ1v) is 8.29. The minimum atomic E-state index is -0.159. The van der Waals surface area contributed by atoms with Gasteiger partial charge in [-0.2, -0.15) is 4.98 Å². The van der Waals surface area contributed by atoms with E-state index in [4.69, 9.17) is 9.26 Å². The smallest absolute Gasteiger partial charge is 0.272 e. The van der Waals surface area contributed by atoms with Crippen molar-refractivity contribution in [3.63, 3.8) is 0 Å². The second-order valence-electron chi connectivity index (χ2n) is 6.54. The quantitative estimate of drug-likeness (QED) is 0.839. The van der Waals surface area contributed by atoms with Gasteiger partial charge in [0.25, 0.3) is 11.8 Å². The molecule has 4 heterocycles. The number of rotatable bonds is 2. The second-order valence-corrected chi connectivity index (χ2v) is 6.54. The number of hydrogen-bond donors (Lipinski definition) is 0. The third-order valence-corrected chi connectivity index (χ3v) is 4.77. The third kappa shape index (κ3) is 2.80. The lowest BCUT2D eigenvalue weighted by Gasteiger charge is -2.33. The molecule has 2 saturated heterocycles. The van der Waals surface area contributed by atoms with Crippen molar-refractivity contribution in [3.05, 3.63) is 41.3 Å². The number of aromatic nitrogens is 3. The van der Waals surface area contributed by atoms with Gasteiger partial charge in [-0.1, -0.05) is 11.2 Å². The van der Waals surface area contributed by atoms with E-state index >= 15 is 0 Å². The van der Waals surface area contributed by atoms with E-state index in [1.54, 1.807) is 13.0 Å². The highest BCUT2D eigenvalue weighted by atomic mass is 16.5. The molecule has 24 heavy (non-hydrogen) atoms. The van der Waals surface area contributed by atoms with Gasteiger partial charge in [-0.25, -0.2) is 4.98 Å². The summed E-state index contributed by atoms with van der Waals surface area (Å²) in [6.07, 6.45) is 1.65. The first kappa shape index (κ1) is 15.3. The van der Waals surface area contributed by atoms with Gasteiger partial charge < -0.3 is 14.2 Å². The molecule has 0 unspecified atom stereocenters. The Labute approximate surface area is 140 Å². The van der Waals surface area contributed by atoms with E-state index in [1.807, 2.05) is 24.0 Å². The lowest BCUT2D eigenvalue weighted by molar-refractivity contribution is -0.0138. The van der Waals surface area contributed by atoms with Crippen LogP contribution in [-0.4, -0.2) is 45.1 Å². The van der Waals surface area contributed by atoms with E-state index in [0.29, 0.717) is 29.9 Å². The Morgan fingerprint density at radius 2 is 2.17 bits per heavy atom. The topological polar surface area (TPSA) is 81.4 Å². The minimum Gasteiger partial charge on any atom is -0.363 e. The maximum atomic E-state index is 12.7. The van der Waals surface area contributed by atoms with Crippen LogP contribution in [0.1, 0.15) is 46.8 Å². The van der Waals surface area contributed by atoms with Crippen molar-refractivity contribution in [2.75, 3.05) is 13.1 Å². The van der Waals surface area contributed by atoms with E-state index in [-0.39, 0.29) is 18.1 Å². The number of pyridine rings is 1. The van der Waals surface area contributed by atoms with E-state index in [1.165, 1.54) is 0 Å². The highest BCUT2D eigenvalue weighted by Crippen LogP contribution is 2.40. The van der Waals surface area contributed by atoms with Gasteiger partial charge in [-0.3, -0.25) is 4.79 Å². The molecule has 2 aliphatic rings. The maximum Gasteiger partial charge on any atom is 0.272 e. The van der Waals surface area contributed by atoms with Crippen LogP contribution >= 0.6 is 0 Å². The second kappa shape index (κ2) is 5.98. The minimum absolute atomic E-state index is 0.0183. The first-order chi connectivity index (χ1) is 11.6. The molecule has 0 aliphatic carbocycles. The molecule has 126 valence electrons. The summed E-state index contributed by atoms with van der Waals surface area (Å²) in [4.78, 5) is 23.1. The molecular formula is C17H20N4O3. The number of piperidine rings is 1. The van der Waals surface area contributed by atoms with Gasteiger partial charge >= 0.3 is 0 Å². The van der Waals surface area contributed by atoms with Crippen LogP contribution in [0.25, 0.3) is 0 Å². The Balaban J connectivity index is 1.45. The summed E-state index contributed by atoms with van der Waals surface area (Å²) in [6.45, 7) is 5.00. The lowest BCUT2D eigenvalue weighted by Crippen LogP contribution is -2.45. The molecule has 0 radical (unpaired) electrons. The van der Waals surface area contributed by atoms with Gasteiger partial charge in [0.1, 0.15) is 11.8 Å². The van der Waals surface area contributed by atoms with Crippen molar-refractivity contribution >= 4 is 5.91 Å². The Morgan fingerprint density at radius 3 is 2.92 bits per heavy atom. The maximum absolute atomic E-state index is 12.7. The fourth-order valence-electron chi connectivity index (χ4n) is 3.54. The number of likely N-dealkylation sites (tertiary alicyclic amines) is 1. The van der Waals surface area contributed by atoms with Gasteiger partial charge in [0.05, 0.1) is 6.10 Å². The average Bonchev–Trinajstić information content (AvgIpc) is 3.19. The van der Waals surface area contributed by atoms with Gasteiger partial charge in [0.15, 0.2) is 5.82 Å². The summed E-state index contributed by atoms with van der Waals surface area (Å²) in [7, 11) is 0. The molecule has 2 aromatic heterocycles. The van der Waals surface area contributed by atoms with Crippen molar-refractivity contribution < 1.29 is 14.1 Å². The van der Waals surface area contributed by atoms with Crippen LogP contribution in [0.3, 0.4) is 0 Å². The van der Waals surface area contributed by atoms with Gasteiger partial charge in [0, 0.05) is 18.8 Å². The number of ether oxygens (including phenoxy) is 1. The Bertz CT molecular complexity index is 760. The fraction of sp³-hybridized carbons (Fsp3) is 0.529. The van der Waals surface area contributed by atoms with Crippen molar-refractivity contribution in [2.45, 2.75) is 38.9 Å². The van der Waals surface area contributed by atoms with Crippen molar-refractivity contribution in [1.82, 2.24) is 20.0 Å². The molecular weight excluding hydrogens is 308 g/mol. The standard InChI is InChI=1S/C17H20N4O3/c1-10-4-3-5-13(18-10)17(22)21-7-6-12-8-14(23-15(12)9-21)16-19-11(2)20-24-16/h3-5,12,14-15H,6-9H2,1-2H3/t12-,14+,15+/m1/s1. The zero-order chi connectivity index (χ0) is 16.7. The Kier molecular flexibility index (Phi) is 3.80. The third-order valence-electron chi connectivity index (χ3n) is 4.77. The van der Waals surface area contributed by atoms with Crippen molar-refractivity contribution in [1.29, 1.82) is 0 Å². The number of carbonyl (C=O) groups excluding carboxylic acids is 1. The molecule has 7 heteroatoms. The van der Waals surface area contributed by atoms with Crippen molar-refractivity contribution in [2.24, 2.45) is 5.92 Å². The summed E-state index contributed by atoms with van der Waals surface area (Å²) in [5.74, 6) is 1.56. The largest absolute Gasteiger partial charge is 0.363 e. The molecule has 0 saturated carbocycles. The number of carbonyl (C=O) groups is 1. The van der Waals surface area contributed by atoms with E-state index < -0.39 is 0 Å². The summed E-state index contributed by atoms with van der Waals surface area (Å²) in [5, 5.41) is 3.83. The summed E-state index contributed by atoms with van der Waals surface area (Å²) in [6, 6.07) is 5.52. The van der Waals surface area contributed by atoms with Crippen LogP contribution in [0.15, 0.2) is 22.7 Å². The summed E-state index contributed by atoms with van der Waals surface area (Å²) in [5.41, 5.74) is 1.34. The zero-order valence-electron chi connectivity index (χ0n) is 13.8. The highest BCUT2D eigenvalue weighted by molar-refractivity contribution is 5.92. The molecule has 7 nitrogen and oxygen atoms in total. The number of hydrogen-bond acceptors (Lipinski definition) is 6. The SMILES string of the molecule is Cc1cccc(C(=O)N2CC[C@@H]3C[C@@H](c4nc(C)no4)O[C@H]3C2)n1. The van der Waals surface area contributed by atoms with Crippen LogP contribution in [0.2, 0.25) is 0 Å². The Hall–Kier alpha value is -2.28. The molecule has 0 N–H and O–H groups in total. The van der Waals surface area contributed by atoms with E-state index in [0.717, 1.165) is 25.1 Å². The molecule has 0 spiro atoms. The van der Waals surface area contributed by atoms with Crippen LogP contribution in [0, 0.1) is 19.8 Å². The number of amides is 1.